The number of hydrogen-bond donors (Lipinski definition) is 1. The molecule has 3 aromatic rings. The Morgan fingerprint density at radius 3 is 2.77 bits per heavy atom. The molecule has 6 nitrogen and oxygen atoms in total. The van der Waals surface area contributed by atoms with Crippen molar-refractivity contribution in [2.24, 2.45) is 0 Å². The summed E-state index contributed by atoms with van der Waals surface area (Å²) in [6, 6.07) is 11.2. The number of nitrogens with zero attached hydrogens (tertiary/aromatic N) is 4. The van der Waals surface area contributed by atoms with Gasteiger partial charge in [0.1, 0.15) is 12.9 Å². The lowest BCUT2D eigenvalue weighted by Gasteiger charge is -2.18. The minimum atomic E-state index is -0.221. The van der Waals surface area contributed by atoms with Crippen molar-refractivity contribution in [2.45, 2.75) is 12.6 Å². The summed E-state index contributed by atoms with van der Waals surface area (Å²) in [5, 5.41) is 16.4. The number of tetrazole rings is 1. The number of rotatable bonds is 5. The Kier molecular flexibility index (Phi) is 4.45. The van der Waals surface area contributed by atoms with Gasteiger partial charge in [-0.05, 0) is 39.6 Å². The third-order valence-corrected chi connectivity index (χ3v) is 4.22. The van der Waals surface area contributed by atoms with Gasteiger partial charge < -0.3 is 5.32 Å². The fourth-order valence-electron chi connectivity index (χ4n) is 2.04. The lowest BCUT2D eigenvalue weighted by Crippen LogP contribution is -2.32. The monoisotopic (exact) mass is 333 g/mol. The number of carbonyl (C=O) groups excluding carboxylic acids is 1. The van der Waals surface area contributed by atoms with Gasteiger partial charge in [-0.3, -0.25) is 4.79 Å². The van der Waals surface area contributed by atoms with Crippen molar-refractivity contribution >= 4 is 28.8 Å². The molecule has 0 saturated heterocycles. The second-order valence-corrected chi connectivity index (χ2v) is 5.99. The number of halogens is 1. The van der Waals surface area contributed by atoms with E-state index >= 15 is 0 Å². The quantitative estimate of drug-likeness (QED) is 0.777. The lowest BCUT2D eigenvalue weighted by molar-refractivity contribution is -0.122. The molecular weight excluding hydrogens is 322 g/mol. The van der Waals surface area contributed by atoms with Crippen LogP contribution in [0.2, 0.25) is 5.02 Å². The van der Waals surface area contributed by atoms with Gasteiger partial charge in [-0.2, -0.15) is 0 Å². The van der Waals surface area contributed by atoms with Crippen molar-refractivity contribution < 1.29 is 4.79 Å². The molecule has 0 radical (unpaired) electrons. The van der Waals surface area contributed by atoms with E-state index < -0.39 is 0 Å². The van der Waals surface area contributed by atoms with Gasteiger partial charge in [0.15, 0.2) is 0 Å². The van der Waals surface area contributed by atoms with Crippen LogP contribution in [-0.4, -0.2) is 26.1 Å². The Morgan fingerprint density at radius 2 is 2.14 bits per heavy atom. The highest BCUT2D eigenvalue weighted by atomic mass is 35.5. The Balaban J connectivity index is 1.80. The van der Waals surface area contributed by atoms with Gasteiger partial charge in [-0.1, -0.05) is 29.8 Å². The molecule has 2 heterocycles. The van der Waals surface area contributed by atoms with Crippen LogP contribution in [0.3, 0.4) is 0 Å². The molecule has 0 spiro atoms. The first-order valence-electron chi connectivity index (χ1n) is 6.51. The van der Waals surface area contributed by atoms with Crippen LogP contribution < -0.4 is 5.32 Å². The molecule has 0 unspecified atom stereocenters. The molecule has 0 fully saturated rings. The number of nitrogens with one attached hydrogen (secondary N) is 1. The van der Waals surface area contributed by atoms with Crippen molar-refractivity contribution in [1.29, 1.82) is 0 Å². The first-order chi connectivity index (χ1) is 10.7. The van der Waals surface area contributed by atoms with E-state index in [0.29, 0.717) is 5.02 Å². The Bertz CT molecular complexity index is 727. The third-order valence-electron chi connectivity index (χ3n) is 3.03. The number of aromatic nitrogens is 4. The number of hydrogen-bond acceptors (Lipinski definition) is 5. The van der Waals surface area contributed by atoms with E-state index in [4.69, 9.17) is 11.6 Å². The molecule has 0 aliphatic carbocycles. The minimum absolute atomic E-state index is 0.0719. The smallest absolute Gasteiger partial charge is 0.242 e. The van der Waals surface area contributed by atoms with Crippen LogP contribution in [0, 0.1) is 0 Å². The molecule has 8 heteroatoms. The van der Waals surface area contributed by atoms with Gasteiger partial charge in [-0.15, -0.1) is 16.4 Å². The van der Waals surface area contributed by atoms with Gasteiger partial charge in [0.2, 0.25) is 5.91 Å². The van der Waals surface area contributed by atoms with Crippen molar-refractivity contribution in [3.05, 3.63) is 63.6 Å². The van der Waals surface area contributed by atoms with Gasteiger partial charge in [-0.25, -0.2) is 4.68 Å². The molecule has 3 rings (SSSR count). The molecule has 1 amide bonds. The summed E-state index contributed by atoms with van der Waals surface area (Å²) in [6.07, 6.45) is 1.40. The summed E-state index contributed by atoms with van der Waals surface area (Å²) in [4.78, 5) is 13.3. The van der Waals surface area contributed by atoms with E-state index in [2.05, 4.69) is 20.8 Å². The summed E-state index contributed by atoms with van der Waals surface area (Å²) in [5.74, 6) is -0.166. The minimum Gasteiger partial charge on any atom is -0.343 e. The highest BCUT2D eigenvalue weighted by Gasteiger charge is 2.18. The van der Waals surface area contributed by atoms with E-state index in [9.17, 15) is 4.79 Å². The van der Waals surface area contributed by atoms with Crippen molar-refractivity contribution in [3.8, 4) is 0 Å². The summed E-state index contributed by atoms with van der Waals surface area (Å²) in [6.45, 7) is 0.0719. The average Bonchev–Trinajstić information content (AvgIpc) is 3.19. The molecular formula is C14H12ClN5OS. The van der Waals surface area contributed by atoms with Gasteiger partial charge in [0.25, 0.3) is 0 Å². The highest BCUT2D eigenvalue weighted by molar-refractivity contribution is 7.10. The van der Waals surface area contributed by atoms with Gasteiger partial charge in [0.05, 0.1) is 6.04 Å². The Morgan fingerprint density at radius 1 is 1.32 bits per heavy atom. The predicted molar refractivity (Wildman–Crippen MR) is 83.6 cm³/mol. The molecule has 2 aromatic heterocycles. The fraction of sp³-hybridized carbons (Fsp3) is 0.143. The largest absolute Gasteiger partial charge is 0.343 e. The topological polar surface area (TPSA) is 72.7 Å². The zero-order chi connectivity index (χ0) is 15.4. The maximum atomic E-state index is 12.2. The van der Waals surface area contributed by atoms with E-state index in [1.54, 1.807) is 11.3 Å². The number of thiophene rings is 1. The molecule has 1 aromatic carbocycles. The van der Waals surface area contributed by atoms with Crippen LogP contribution in [0.5, 0.6) is 0 Å². The van der Waals surface area contributed by atoms with Crippen LogP contribution in [0.15, 0.2) is 48.1 Å². The van der Waals surface area contributed by atoms with Crippen LogP contribution in [0.4, 0.5) is 0 Å². The van der Waals surface area contributed by atoms with E-state index in [0.717, 1.165) is 10.4 Å². The summed E-state index contributed by atoms with van der Waals surface area (Å²) < 4.78 is 1.38. The summed E-state index contributed by atoms with van der Waals surface area (Å²) in [5.41, 5.74) is 0.969. The Labute approximate surface area is 135 Å². The molecule has 22 heavy (non-hydrogen) atoms. The predicted octanol–water partition coefficient (Wildman–Crippen LogP) is 2.29. The normalized spacial score (nSPS) is 12.0. The maximum Gasteiger partial charge on any atom is 0.242 e. The van der Waals surface area contributed by atoms with Crippen molar-refractivity contribution in [3.63, 3.8) is 0 Å². The van der Waals surface area contributed by atoms with Gasteiger partial charge >= 0.3 is 0 Å². The zero-order valence-corrected chi connectivity index (χ0v) is 13.0. The van der Waals surface area contributed by atoms with E-state index in [1.807, 2.05) is 41.8 Å². The van der Waals surface area contributed by atoms with Crippen molar-refractivity contribution in [2.75, 3.05) is 0 Å². The number of amides is 1. The number of carbonyl (C=O) groups is 1. The van der Waals surface area contributed by atoms with Gasteiger partial charge in [0, 0.05) is 9.90 Å². The highest BCUT2D eigenvalue weighted by Crippen LogP contribution is 2.27. The fourth-order valence-corrected chi connectivity index (χ4v) is 2.96. The summed E-state index contributed by atoms with van der Waals surface area (Å²) >= 11 is 7.52. The van der Waals surface area contributed by atoms with Crippen LogP contribution in [-0.2, 0) is 11.3 Å². The SMILES string of the molecule is O=C(Cn1cnnn1)N[C@@H](c1ccc(Cl)cc1)c1cccs1. The zero-order valence-electron chi connectivity index (χ0n) is 11.4. The molecule has 1 N–H and O–H groups in total. The second kappa shape index (κ2) is 6.67. The standard InChI is InChI=1S/C14H12ClN5OS/c15-11-5-3-10(4-6-11)14(12-2-1-7-22-12)17-13(21)8-20-9-16-18-19-20/h1-7,9,14H,8H2,(H,17,21)/t14-/m0/s1. The molecule has 0 saturated carbocycles. The molecule has 112 valence electrons. The van der Waals surface area contributed by atoms with E-state index in [1.165, 1.54) is 11.0 Å². The first-order valence-corrected chi connectivity index (χ1v) is 7.77. The average molecular weight is 334 g/mol. The molecule has 0 aliphatic rings. The first kappa shape index (κ1) is 14.7. The molecule has 0 aliphatic heterocycles. The number of benzene rings is 1. The third kappa shape index (κ3) is 3.49. The summed E-state index contributed by atoms with van der Waals surface area (Å²) in [7, 11) is 0. The van der Waals surface area contributed by atoms with Crippen LogP contribution in [0.25, 0.3) is 0 Å². The molecule has 1 atom stereocenters. The molecule has 0 bridgehead atoms. The maximum absolute atomic E-state index is 12.2. The van der Waals surface area contributed by atoms with Crippen LogP contribution in [0.1, 0.15) is 16.5 Å². The van der Waals surface area contributed by atoms with Crippen molar-refractivity contribution in [1.82, 2.24) is 25.5 Å². The van der Waals surface area contributed by atoms with Crippen LogP contribution >= 0.6 is 22.9 Å². The lowest BCUT2D eigenvalue weighted by atomic mass is 10.1. The Hall–Kier alpha value is -2.25. The van der Waals surface area contributed by atoms with E-state index in [-0.39, 0.29) is 18.5 Å². The second-order valence-electron chi connectivity index (χ2n) is 4.57.